The molecule has 2 rings (SSSR count). The molecule has 0 fully saturated rings. The number of ether oxygens (including phenoxy) is 2. The molecule has 2 aromatic rings. The summed E-state index contributed by atoms with van der Waals surface area (Å²) in [5.74, 6) is -0.739. The molecule has 0 aromatic heterocycles. The monoisotopic (exact) mass is 310 g/mol. The first-order valence-corrected chi connectivity index (χ1v) is 7.42. The number of carbonyl (C=O) groups is 2. The van der Waals surface area contributed by atoms with Crippen molar-refractivity contribution in [3.8, 4) is 16.9 Å². The topological polar surface area (TPSA) is 52.6 Å². The van der Waals surface area contributed by atoms with Crippen LogP contribution in [0.5, 0.6) is 5.75 Å². The molecule has 4 heteroatoms. The number of hydrogen-bond donors (Lipinski definition) is 0. The van der Waals surface area contributed by atoms with Crippen LogP contribution in [0.25, 0.3) is 11.1 Å². The van der Waals surface area contributed by atoms with Gasteiger partial charge in [-0.25, -0.2) is 9.59 Å². The van der Waals surface area contributed by atoms with E-state index in [4.69, 9.17) is 9.47 Å². The number of hydrogen-bond acceptors (Lipinski definition) is 4. The molecule has 118 valence electrons. The van der Waals surface area contributed by atoms with Gasteiger partial charge in [-0.3, -0.25) is 0 Å². The van der Waals surface area contributed by atoms with Crippen LogP contribution in [-0.4, -0.2) is 18.5 Å². The van der Waals surface area contributed by atoms with E-state index in [1.54, 1.807) is 12.1 Å². The fourth-order valence-electron chi connectivity index (χ4n) is 1.94. The minimum atomic E-state index is -0.623. The maximum atomic E-state index is 11.9. The molecule has 0 aliphatic rings. The Morgan fingerprint density at radius 1 is 0.913 bits per heavy atom. The lowest BCUT2D eigenvalue weighted by atomic mass is 10.1. The van der Waals surface area contributed by atoms with E-state index in [-0.39, 0.29) is 0 Å². The second-order valence-corrected chi connectivity index (χ2v) is 4.78. The summed E-state index contributed by atoms with van der Waals surface area (Å²) in [7, 11) is 0. The molecule has 0 N–H and O–H groups in total. The van der Waals surface area contributed by atoms with Crippen LogP contribution in [0.3, 0.4) is 0 Å². The molecule has 0 saturated carbocycles. The second-order valence-electron chi connectivity index (χ2n) is 4.78. The Bertz CT molecular complexity index is 690. The maximum absolute atomic E-state index is 11.9. The van der Waals surface area contributed by atoms with Crippen molar-refractivity contribution < 1.29 is 19.1 Å². The third kappa shape index (κ3) is 5.11. The molecule has 0 bridgehead atoms. The summed E-state index contributed by atoms with van der Waals surface area (Å²) in [6, 6.07) is 16.9. The molecule has 0 aliphatic heterocycles. The van der Waals surface area contributed by atoms with E-state index in [2.05, 4.69) is 0 Å². The highest BCUT2D eigenvalue weighted by Gasteiger charge is 2.08. The first-order chi connectivity index (χ1) is 11.2. The molecule has 0 atom stereocenters. The molecule has 0 heterocycles. The van der Waals surface area contributed by atoms with Gasteiger partial charge in [0, 0.05) is 17.7 Å². The number of carbonyl (C=O) groups excluding carboxylic acids is 2. The van der Waals surface area contributed by atoms with E-state index in [0.29, 0.717) is 12.4 Å². The molecule has 0 amide bonds. The number of esters is 2. The van der Waals surface area contributed by atoms with Crippen LogP contribution in [0.4, 0.5) is 0 Å². The molecule has 2 aromatic carbocycles. The van der Waals surface area contributed by atoms with Crippen LogP contribution in [0, 0.1) is 0 Å². The lowest BCUT2D eigenvalue weighted by molar-refractivity contribution is -0.138. The van der Waals surface area contributed by atoms with Gasteiger partial charge in [0.1, 0.15) is 5.75 Å². The van der Waals surface area contributed by atoms with Crippen molar-refractivity contribution in [1.29, 1.82) is 0 Å². The molecular formula is C19H18O4. The summed E-state index contributed by atoms with van der Waals surface area (Å²) < 4.78 is 10.2. The average molecular weight is 310 g/mol. The molecule has 0 aliphatic carbocycles. The van der Waals surface area contributed by atoms with Crippen molar-refractivity contribution in [3.05, 3.63) is 66.7 Å². The predicted molar refractivity (Wildman–Crippen MR) is 87.9 cm³/mol. The number of rotatable bonds is 6. The highest BCUT2D eigenvalue weighted by molar-refractivity contribution is 5.93. The third-order valence-electron chi connectivity index (χ3n) is 2.99. The largest absolute Gasteiger partial charge is 0.463 e. The highest BCUT2D eigenvalue weighted by Crippen LogP contribution is 2.29. The highest BCUT2D eigenvalue weighted by atomic mass is 16.5. The summed E-state index contributed by atoms with van der Waals surface area (Å²) in [6.07, 6.45) is 2.87. The zero-order chi connectivity index (χ0) is 16.5. The zero-order valence-electron chi connectivity index (χ0n) is 12.9. The van der Waals surface area contributed by atoms with E-state index in [0.717, 1.165) is 29.7 Å². The average Bonchev–Trinajstić information content (AvgIpc) is 2.59. The smallest absolute Gasteiger partial charge is 0.336 e. The van der Waals surface area contributed by atoms with Crippen LogP contribution < -0.4 is 4.74 Å². The number of benzene rings is 2. The van der Waals surface area contributed by atoms with Crippen LogP contribution in [0.1, 0.15) is 13.3 Å². The van der Waals surface area contributed by atoms with Gasteiger partial charge >= 0.3 is 11.9 Å². The zero-order valence-corrected chi connectivity index (χ0v) is 12.9. The Morgan fingerprint density at radius 2 is 1.57 bits per heavy atom. The Hall–Kier alpha value is -2.88. The lowest BCUT2D eigenvalue weighted by Gasteiger charge is -2.08. The van der Waals surface area contributed by atoms with E-state index in [1.165, 1.54) is 0 Å². The predicted octanol–water partition coefficient (Wildman–Crippen LogP) is 3.77. The van der Waals surface area contributed by atoms with E-state index in [9.17, 15) is 9.59 Å². The van der Waals surface area contributed by atoms with Gasteiger partial charge in [-0.1, -0.05) is 55.5 Å². The van der Waals surface area contributed by atoms with Crippen LogP contribution in [-0.2, 0) is 14.3 Å². The fraction of sp³-hybridized carbons (Fsp3) is 0.158. The van der Waals surface area contributed by atoms with E-state index < -0.39 is 11.9 Å². The molecule has 0 unspecified atom stereocenters. The van der Waals surface area contributed by atoms with Gasteiger partial charge in [0.05, 0.1) is 6.61 Å². The Labute approximate surface area is 135 Å². The molecule has 0 saturated heterocycles. The van der Waals surface area contributed by atoms with Crippen molar-refractivity contribution in [2.45, 2.75) is 13.3 Å². The minimum Gasteiger partial charge on any atom is -0.463 e. The first kappa shape index (κ1) is 16.5. The second kappa shape index (κ2) is 8.54. The summed E-state index contributed by atoms with van der Waals surface area (Å²) in [5, 5.41) is 0. The summed E-state index contributed by atoms with van der Waals surface area (Å²) in [4.78, 5) is 23.2. The third-order valence-corrected chi connectivity index (χ3v) is 2.99. The first-order valence-electron chi connectivity index (χ1n) is 7.42. The Morgan fingerprint density at radius 3 is 2.30 bits per heavy atom. The molecule has 23 heavy (non-hydrogen) atoms. The van der Waals surface area contributed by atoms with Gasteiger partial charge in [0.2, 0.25) is 0 Å². The van der Waals surface area contributed by atoms with Gasteiger partial charge < -0.3 is 9.47 Å². The molecule has 0 spiro atoms. The van der Waals surface area contributed by atoms with Crippen LogP contribution in [0.2, 0.25) is 0 Å². The van der Waals surface area contributed by atoms with Crippen molar-refractivity contribution in [1.82, 2.24) is 0 Å². The normalized spacial score (nSPS) is 10.5. The van der Waals surface area contributed by atoms with Crippen molar-refractivity contribution >= 4 is 11.9 Å². The maximum Gasteiger partial charge on any atom is 0.336 e. The lowest BCUT2D eigenvalue weighted by Crippen LogP contribution is -2.07. The molecule has 0 radical (unpaired) electrons. The van der Waals surface area contributed by atoms with Gasteiger partial charge in [-0.2, -0.15) is 0 Å². The summed E-state index contributed by atoms with van der Waals surface area (Å²) >= 11 is 0. The van der Waals surface area contributed by atoms with Crippen LogP contribution in [0.15, 0.2) is 66.7 Å². The van der Waals surface area contributed by atoms with Crippen molar-refractivity contribution in [2.75, 3.05) is 6.61 Å². The van der Waals surface area contributed by atoms with Gasteiger partial charge in [-0.05, 0) is 18.1 Å². The Kier molecular flexibility index (Phi) is 6.12. The summed E-state index contributed by atoms with van der Waals surface area (Å²) in [6.45, 7) is 2.22. The summed E-state index contributed by atoms with van der Waals surface area (Å²) in [5.41, 5.74) is 1.76. The standard InChI is InChI=1S/C19H18O4/c1-2-14-22-18(20)12-13-19(21)23-17-11-7-6-10-16(17)15-8-4-3-5-9-15/h3-13H,2,14H2,1H3/b13-12+. The van der Waals surface area contributed by atoms with Crippen molar-refractivity contribution in [2.24, 2.45) is 0 Å². The quantitative estimate of drug-likeness (QED) is 0.463. The minimum absolute atomic E-state index is 0.328. The van der Waals surface area contributed by atoms with Crippen molar-refractivity contribution in [3.63, 3.8) is 0 Å². The fourth-order valence-corrected chi connectivity index (χ4v) is 1.94. The molecule has 4 nitrogen and oxygen atoms in total. The number of para-hydroxylation sites is 1. The van der Waals surface area contributed by atoms with Crippen LogP contribution >= 0.6 is 0 Å². The Balaban J connectivity index is 2.07. The SMILES string of the molecule is CCCOC(=O)/C=C/C(=O)Oc1ccccc1-c1ccccc1. The van der Waals surface area contributed by atoms with Gasteiger partial charge in [0.15, 0.2) is 0 Å². The van der Waals surface area contributed by atoms with Gasteiger partial charge in [-0.15, -0.1) is 0 Å². The molecular weight excluding hydrogens is 292 g/mol. The van der Waals surface area contributed by atoms with E-state index in [1.807, 2.05) is 49.4 Å². The van der Waals surface area contributed by atoms with E-state index >= 15 is 0 Å². The van der Waals surface area contributed by atoms with Gasteiger partial charge in [0.25, 0.3) is 0 Å².